The number of hydrogen-bond acceptors (Lipinski definition) is 4. The summed E-state index contributed by atoms with van der Waals surface area (Å²) in [4.78, 5) is 14.6. The van der Waals surface area contributed by atoms with Crippen LogP contribution in [0.4, 0.5) is 5.69 Å². The van der Waals surface area contributed by atoms with E-state index in [1.807, 2.05) is 49.2 Å². The van der Waals surface area contributed by atoms with Crippen molar-refractivity contribution in [1.82, 2.24) is 4.90 Å². The Labute approximate surface area is 162 Å². The Morgan fingerprint density at radius 2 is 1.63 bits per heavy atom. The summed E-state index contributed by atoms with van der Waals surface area (Å²) in [5, 5.41) is 2.99. The number of methoxy groups -OCH3 is 2. The lowest BCUT2D eigenvalue weighted by Crippen LogP contribution is -2.39. The van der Waals surface area contributed by atoms with Gasteiger partial charge in [0.1, 0.15) is 0 Å². The van der Waals surface area contributed by atoms with Crippen LogP contribution in [0.5, 0.6) is 11.5 Å². The largest absolute Gasteiger partial charge is 0.493 e. The molecule has 0 saturated heterocycles. The molecule has 0 aliphatic heterocycles. The Morgan fingerprint density at radius 3 is 2.19 bits per heavy atom. The fraction of sp³-hybridized carbons (Fsp3) is 0.409. The quantitative estimate of drug-likeness (QED) is 0.753. The second kappa shape index (κ2) is 9.42. The standard InChI is InChI=1S/C22H30N2O3/c1-15(2)18-8-10-19(11-9-18)23-22(25)16(3)24(4)14-17-7-12-20(26-5)21(13-17)27-6/h7-13,15-16H,14H2,1-6H3,(H,23,25)/t16-/m1/s1. The Morgan fingerprint density at radius 1 is 1.00 bits per heavy atom. The third-order valence-corrected chi connectivity index (χ3v) is 4.77. The smallest absolute Gasteiger partial charge is 0.241 e. The summed E-state index contributed by atoms with van der Waals surface area (Å²) in [5.41, 5.74) is 3.12. The lowest BCUT2D eigenvalue weighted by atomic mass is 10.0. The molecule has 0 spiro atoms. The first-order chi connectivity index (χ1) is 12.8. The van der Waals surface area contributed by atoms with Gasteiger partial charge in [-0.05, 0) is 55.3 Å². The summed E-state index contributed by atoms with van der Waals surface area (Å²) in [6.45, 7) is 6.83. The molecule has 0 aliphatic rings. The third kappa shape index (κ3) is 5.47. The molecule has 0 unspecified atom stereocenters. The van der Waals surface area contributed by atoms with Crippen molar-refractivity contribution in [2.45, 2.75) is 39.3 Å². The van der Waals surface area contributed by atoms with Gasteiger partial charge in [0.05, 0.1) is 20.3 Å². The number of nitrogens with one attached hydrogen (secondary N) is 1. The lowest BCUT2D eigenvalue weighted by Gasteiger charge is -2.24. The molecule has 0 radical (unpaired) electrons. The first-order valence-corrected chi connectivity index (χ1v) is 9.17. The summed E-state index contributed by atoms with van der Waals surface area (Å²) < 4.78 is 10.6. The van der Waals surface area contributed by atoms with Gasteiger partial charge in [-0.25, -0.2) is 0 Å². The Kier molecular flexibility index (Phi) is 7.25. The van der Waals surface area contributed by atoms with E-state index in [-0.39, 0.29) is 11.9 Å². The SMILES string of the molecule is COc1ccc(CN(C)[C@H](C)C(=O)Nc2ccc(C(C)C)cc2)cc1OC. The van der Waals surface area contributed by atoms with E-state index in [2.05, 4.69) is 31.3 Å². The van der Waals surface area contributed by atoms with Crippen LogP contribution in [0, 0.1) is 0 Å². The minimum atomic E-state index is -0.275. The van der Waals surface area contributed by atoms with Crippen LogP contribution >= 0.6 is 0 Å². The number of carbonyl (C=O) groups excluding carboxylic acids is 1. The molecule has 0 saturated carbocycles. The minimum Gasteiger partial charge on any atom is -0.493 e. The average Bonchev–Trinajstić information content (AvgIpc) is 2.67. The number of benzene rings is 2. The molecule has 0 heterocycles. The maximum Gasteiger partial charge on any atom is 0.241 e. The zero-order chi connectivity index (χ0) is 20.0. The molecular weight excluding hydrogens is 340 g/mol. The predicted octanol–water partition coefficient (Wildman–Crippen LogP) is 4.29. The molecule has 0 fully saturated rings. The van der Waals surface area contributed by atoms with Crippen LogP contribution in [0.2, 0.25) is 0 Å². The van der Waals surface area contributed by atoms with Gasteiger partial charge >= 0.3 is 0 Å². The number of carbonyl (C=O) groups is 1. The number of nitrogens with zero attached hydrogens (tertiary/aromatic N) is 1. The van der Waals surface area contributed by atoms with E-state index in [1.54, 1.807) is 14.2 Å². The van der Waals surface area contributed by atoms with Gasteiger partial charge in [0.25, 0.3) is 0 Å². The van der Waals surface area contributed by atoms with Crippen molar-refractivity contribution in [3.63, 3.8) is 0 Å². The monoisotopic (exact) mass is 370 g/mol. The van der Waals surface area contributed by atoms with Crippen LogP contribution in [-0.4, -0.2) is 38.1 Å². The first kappa shape index (κ1) is 20.8. The maximum absolute atomic E-state index is 12.6. The Bertz CT molecular complexity index is 757. The molecule has 1 atom stereocenters. The summed E-state index contributed by atoms with van der Waals surface area (Å²) >= 11 is 0. The average molecular weight is 370 g/mol. The van der Waals surface area contributed by atoms with Crippen LogP contribution in [0.3, 0.4) is 0 Å². The van der Waals surface area contributed by atoms with E-state index in [1.165, 1.54) is 5.56 Å². The van der Waals surface area contributed by atoms with Crippen molar-refractivity contribution in [1.29, 1.82) is 0 Å². The van der Waals surface area contributed by atoms with Gasteiger partial charge in [-0.3, -0.25) is 9.69 Å². The highest BCUT2D eigenvalue weighted by Gasteiger charge is 2.19. The van der Waals surface area contributed by atoms with E-state index in [0.717, 1.165) is 11.3 Å². The molecule has 2 aromatic carbocycles. The highest BCUT2D eigenvalue weighted by Crippen LogP contribution is 2.28. The van der Waals surface area contributed by atoms with E-state index in [9.17, 15) is 4.79 Å². The normalized spacial score (nSPS) is 12.1. The summed E-state index contributed by atoms with van der Waals surface area (Å²) in [6.07, 6.45) is 0. The van der Waals surface area contributed by atoms with Crippen LogP contribution in [0.1, 0.15) is 37.8 Å². The lowest BCUT2D eigenvalue weighted by molar-refractivity contribution is -0.120. The number of rotatable bonds is 8. The van der Waals surface area contributed by atoms with Gasteiger partial charge in [-0.1, -0.05) is 32.0 Å². The van der Waals surface area contributed by atoms with Crippen molar-refractivity contribution in [2.24, 2.45) is 0 Å². The van der Waals surface area contributed by atoms with Crippen LogP contribution < -0.4 is 14.8 Å². The van der Waals surface area contributed by atoms with Gasteiger partial charge in [0.2, 0.25) is 5.91 Å². The number of anilines is 1. The number of hydrogen-bond donors (Lipinski definition) is 1. The number of likely N-dealkylation sites (N-methyl/N-ethyl adjacent to an activating group) is 1. The Hall–Kier alpha value is -2.53. The topological polar surface area (TPSA) is 50.8 Å². The van der Waals surface area contributed by atoms with Crippen molar-refractivity contribution < 1.29 is 14.3 Å². The Balaban J connectivity index is 1.99. The van der Waals surface area contributed by atoms with Crippen molar-refractivity contribution in [3.8, 4) is 11.5 Å². The van der Waals surface area contributed by atoms with E-state index >= 15 is 0 Å². The molecule has 1 N–H and O–H groups in total. The molecule has 0 aromatic heterocycles. The second-order valence-electron chi connectivity index (χ2n) is 7.05. The number of ether oxygens (including phenoxy) is 2. The third-order valence-electron chi connectivity index (χ3n) is 4.77. The molecule has 1 amide bonds. The molecule has 2 aromatic rings. The van der Waals surface area contributed by atoms with Crippen LogP contribution in [0.25, 0.3) is 0 Å². The molecule has 27 heavy (non-hydrogen) atoms. The van der Waals surface area contributed by atoms with Gasteiger partial charge in [0.15, 0.2) is 11.5 Å². The highest BCUT2D eigenvalue weighted by atomic mass is 16.5. The molecule has 0 aliphatic carbocycles. The van der Waals surface area contributed by atoms with Crippen LogP contribution in [0.15, 0.2) is 42.5 Å². The van der Waals surface area contributed by atoms with E-state index in [4.69, 9.17) is 9.47 Å². The van der Waals surface area contributed by atoms with Gasteiger partial charge in [-0.2, -0.15) is 0 Å². The van der Waals surface area contributed by atoms with Crippen molar-refractivity contribution >= 4 is 11.6 Å². The summed E-state index contributed by atoms with van der Waals surface area (Å²) in [7, 11) is 5.17. The van der Waals surface area contributed by atoms with Crippen molar-refractivity contribution in [3.05, 3.63) is 53.6 Å². The molecule has 0 bridgehead atoms. The van der Waals surface area contributed by atoms with Crippen molar-refractivity contribution in [2.75, 3.05) is 26.6 Å². The fourth-order valence-electron chi connectivity index (χ4n) is 2.80. The van der Waals surface area contributed by atoms with Gasteiger partial charge < -0.3 is 14.8 Å². The second-order valence-corrected chi connectivity index (χ2v) is 7.05. The van der Waals surface area contributed by atoms with Crippen LogP contribution in [-0.2, 0) is 11.3 Å². The highest BCUT2D eigenvalue weighted by molar-refractivity contribution is 5.94. The minimum absolute atomic E-state index is 0.0322. The molecular formula is C22H30N2O3. The summed E-state index contributed by atoms with van der Waals surface area (Å²) in [5.74, 6) is 1.82. The fourth-order valence-corrected chi connectivity index (χ4v) is 2.80. The molecule has 2 rings (SSSR count). The molecule has 5 heteroatoms. The zero-order valence-corrected chi connectivity index (χ0v) is 17.1. The van der Waals surface area contributed by atoms with Gasteiger partial charge in [-0.15, -0.1) is 0 Å². The maximum atomic E-state index is 12.6. The first-order valence-electron chi connectivity index (χ1n) is 9.17. The summed E-state index contributed by atoms with van der Waals surface area (Å²) in [6, 6.07) is 13.5. The zero-order valence-electron chi connectivity index (χ0n) is 17.1. The van der Waals surface area contributed by atoms with Gasteiger partial charge in [0, 0.05) is 12.2 Å². The predicted molar refractivity (Wildman–Crippen MR) is 110 cm³/mol. The van der Waals surface area contributed by atoms with E-state index in [0.29, 0.717) is 24.0 Å². The molecule has 5 nitrogen and oxygen atoms in total. The van der Waals surface area contributed by atoms with E-state index < -0.39 is 0 Å². The molecule has 146 valence electrons. The number of amides is 1.